The van der Waals surface area contributed by atoms with Gasteiger partial charge in [-0.1, -0.05) is 6.08 Å². The molecule has 2 heteroatoms. The molecular formula is C10H16O2. The molecule has 0 aliphatic carbocycles. The van der Waals surface area contributed by atoms with Gasteiger partial charge in [0.25, 0.3) is 0 Å². The summed E-state index contributed by atoms with van der Waals surface area (Å²) in [6.45, 7) is 6.50. The summed E-state index contributed by atoms with van der Waals surface area (Å²) in [7, 11) is 0. The molecule has 0 N–H and O–H groups in total. The maximum Gasteiger partial charge on any atom is 0.152 e. The first-order chi connectivity index (χ1) is 5.52. The van der Waals surface area contributed by atoms with Crippen LogP contribution < -0.4 is 0 Å². The third kappa shape index (κ3) is 2.18. The third-order valence-corrected chi connectivity index (χ3v) is 2.36. The lowest BCUT2D eigenvalue weighted by molar-refractivity contribution is -0.112. The predicted molar refractivity (Wildman–Crippen MR) is 48.0 cm³/mol. The van der Waals surface area contributed by atoms with Crippen LogP contribution in [-0.4, -0.2) is 18.0 Å². The second-order valence-corrected chi connectivity index (χ2v) is 3.82. The highest BCUT2D eigenvalue weighted by Gasteiger charge is 2.33. The van der Waals surface area contributed by atoms with E-state index in [9.17, 15) is 4.79 Å². The van der Waals surface area contributed by atoms with Crippen molar-refractivity contribution < 1.29 is 9.53 Å². The zero-order chi connectivity index (χ0) is 9.19. The number of ether oxygens (including phenoxy) is 1. The molecular weight excluding hydrogens is 152 g/mol. The number of rotatable bonds is 2. The molecule has 0 spiro atoms. The summed E-state index contributed by atoms with van der Waals surface area (Å²) in [5.74, 6) is 0.499. The Balaban J connectivity index is 2.58. The molecule has 2 nitrogen and oxygen atoms in total. The van der Waals surface area contributed by atoms with Crippen LogP contribution in [-0.2, 0) is 9.53 Å². The van der Waals surface area contributed by atoms with Gasteiger partial charge in [-0.2, -0.15) is 0 Å². The van der Waals surface area contributed by atoms with Gasteiger partial charge >= 0.3 is 0 Å². The summed E-state index contributed by atoms with van der Waals surface area (Å²) >= 11 is 0. The van der Waals surface area contributed by atoms with Gasteiger partial charge in [0.2, 0.25) is 0 Å². The average molecular weight is 168 g/mol. The Morgan fingerprint density at radius 2 is 2.25 bits per heavy atom. The molecule has 1 saturated heterocycles. The predicted octanol–water partition coefficient (Wildman–Crippen LogP) is 1.95. The van der Waals surface area contributed by atoms with Crippen molar-refractivity contribution in [1.29, 1.82) is 0 Å². The summed E-state index contributed by atoms with van der Waals surface area (Å²) in [6.07, 6.45) is 4.63. The second-order valence-electron chi connectivity index (χ2n) is 3.82. The zero-order valence-electron chi connectivity index (χ0n) is 7.96. The molecule has 0 aromatic carbocycles. The maximum absolute atomic E-state index is 10.7. The maximum atomic E-state index is 10.7. The van der Waals surface area contributed by atoms with E-state index in [2.05, 4.69) is 13.8 Å². The average Bonchev–Trinajstić information content (AvgIpc) is 2.25. The quantitative estimate of drug-likeness (QED) is 0.589. The van der Waals surface area contributed by atoms with Crippen molar-refractivity contribution in [2.75, 3.05) is 6.61 Å². The van der Waals surface area contributed by atoms with Gasteiger partial charge in [-0.25, -0.2) is 0 Å². The molecule has 0 radical (unpaired) electrons. The molecule has 1 heterocycles. The van der Waals surface area contributed by atoms with E-state index in [-0.39, 0.29) is 11.4 Å². The molecule has 0 aromatic rings. The smallest absolute Gasteiger partial charge is 0.152 e. The van der Waals surface area contributed by atoms with Gasteiger partial charge in [-0.3, -0.25) is 4.79 Å². The van der Waals surface area contributed by atoms with Crippen molar-refractivity contribution >= 4 is 5.78 Å². The fourth-order valence-corrected chi connectivity index (χ4v) is 1.48. The Morgan fingerprint density at radius 1 is 1.58 bits per heavy atom. The lowest BCUT2D eigenvalue weighted by Crippen LogP contribution is -2.25. The minimum absolute atomic E-state index is 0.0913. The minimum Gasteiger partial charge on any atom is -0.375 e. The topological polar surface area (TPSA) is 26.3 Å². The van der Waals surface area contributed by atoms with Crippen LogP contribution in [0.2, 0.25) is 0 Å². The lowest BCUT2D eigenvalue weighted by atomic mass is 9.90. The highest BCUT2D eigenvalue weighted by molar-refractivity contribution is 5.87. The summed E-state index contributed by atoms with van der Waals surface area (Å²) in [6, 6.07) is 0. The Morgan fingerprint density at radius 3 is 2.67 bits per heavy atom. The van der Waals surface area contributed by atoms with E-state index in [0.29, 0.717) is 5.92 Å². The van der Waals surface area contributed by atoms with E-state index in [1.807, 2.05) is 6.08 Å². The molecule has 1 aliphatic rings. The first-order valence-electron chi connectivity index (χ1n) is 4.35. The Kier molecular flexibility index (Phi) is 2.68. The fraction of sp³-hybridized carbons (Fsp3) is 0.700. The van der Waals surface area contributed by atoms with Crippen molar-refractivity contribution in [3.05, 3.63) is 12.2 Å². The first kappa shape index (κ1) is 9.46. The SMILES string of the molecule is CC(=O)/C=C/C1CCOC1(C)C. The van der Waals surface area contributed by atoms with Crippen molar-refractivity contribution in [2.24, 2.45) is 5.92 Å². The van der Waals surface area contributed by atoms with Crippen molar-refractivity contribution in [2.45, 2.75) is 32.8 Å². The Bertz CT molecular complexity index is 204. The molecule has 1 unspecified atom stereocenters. The minimum atomic E-state index is -0.0913. The van der Waals surface area contributed by atoms with E-state index in [1.165, 1.54) is 0 Å². The van der Waals surface area contributed by atoms with Crippen molar-refractivity contribution in [3.8, 4) is 0 Å². The molecule has 0 bridgehead atoms. The highest BCUT2D eigenvalue weighted by Crippen LogP contribution is 2.32. The van der Waals surface area contributed by atoms with E-state index in [0.717, 1.165) is 13.0 Å². The van der Waals surface area contributed by atoms with Gasteiger partial charge in [0.1, 0.15) is 0 Å². The standard InChI is InChI=1S/C10H16O2/c1-8(11)4-5-9-6-7-12-10(9,2)3/h4-5,9H,6-7H2,1-3H3/b5-4+. The summed E-state index contributed by atoms with van der Waals surface area (Å²) in [4.78, 5) is 10.7. The van der Waals surface area contributed by atoms with Crippen LogP contribution in [0.5, 0.6) is 0 Å². The van der Waals surface area contributed by atoms with Crippen molar-refractivity contribution in [1.82, 2.24) is 0 Å². The number of carbonyl (C=O) groups excluding carboxylic acids is 1. The monoisotopic (exact) mass is 168 g/mol. The van der Waals surface area contributed by atoms with Crippen molar-refractivity contribution in [3.63, 3.8) is 0 Å². The van der Waals surface area contributed by atoms with Gasteiger partial charge in [-0.15, -0.1) is 0 Å². The van der Waals surface area contributed by atoms with E-state index in [1.54, 1.807) is 13.0 Å². The van der Waals surface area contributed by atoms with E-state index >= 15 is 0 Å². The number of allylic oxidation sites excluding steroid dienone is 1. The molecule has 0 aromatic heterocycles. The van der Waals surface area contributed by atoms with Crippen LogP contribution in [0.3, 0.4) is 0 Å². The molecule has 1 fully saturated rings. The van der Waals surface area contributed by atoms with E-state index in [4.69, 9.17) is 4.74 Å². The molecule has 1 atom stereocenters. The van der Waals surface area contributed by atoms with Crippen LogP contribution in [0.25, 0.3) is 0 Å². The molecule has 12 heavy (non-hydrogen) atoms. The number of hydrogen-bond donors (Lipinski definition) is 0. The summed E-state index contributed by atoms with van der Waals surface area (Å²) < 4.78 is 5.52. The fourth-order valence-electron chi connectivity index (χ4n) is 1.48. The van der Waals surface area contributed by atoms with Gasteiger partial charge < -0.3 is 4.74 Å². The van der Waals surface area contributed by atoms with Gasteiger partial charge in [0.05, 0.1) is 5.60 Å². The van der Waals surface area contributed by atoms with Gasteiger partial charge in [-0.05, 0) is 33.3 Å². The second kappa shape index (κ2) is 3.40. The highest BCUT2D eigenvalue weighted by atomic mass is 16.5. The van der Waals surface area contributed by atoms with Crippen LogP contribution in [0, 0.1) is 5.92 Å². The molecule has 0 amide bonds. The molecule has 68 valence electrons. The van der Waals surface area contributed by atoms with E-state index < -0.39 is 0 Å². The first-order valence-corrected chi connectivity index (χ1v) is 4.35. The Hall–Kier alpha value is -0.630. The third-order valence-electron chi connectivity index (χ3n) is 2.36. The summed E-state index contributed by atoms with van der Waals surface area (Å²) in [5, 5.41) is 0. The van der Waals surface area contributed by atoms with Crippen LogP contribution in [0.1, 0.15) is 27.2 Å². The van der Waals surface area contributed by atoms with Gasteiger partial charge in [0.15, 0.2) is 5.78 Å². The van der Waals surface area contributed by atoms with Crippen LogP contribution in [0.4, 0.5) is 0 Å². The summed E-state index contributed by atoms with van der Waals surface area (Å²) in [5.41, 5.74) is -0.0913. The van der Waals surface area contributed by atoms with Crippen LogP contribution in [0.15, 0.2) is 12.2 Å². The largest absolute Gasteiger partial charge is 0.375 e. The molecule has 0 saturated carbocycles. The number of hydrogen-bond acceptors (Lipinski definition) is 2. The van der Waals surface area contributed by atoms with Gasteiger partial charge in [0, 0.05) is 12.5 Å². The molecule has 1 aliphatic heterocycles. The lowest BCUT2D eigenvalue weighted by Gasteiger charge is -2.22. The zero-order valence-corrected chi connectivity index (χ0v) is 7.96. The van der Waals surface area contributed by atoms with Crippen LogP contribution >= 0.6 is 0 Å². The molecule has 1 rings (SSSR count). The number of ketones is 1. The number of carbonyl (C=O) groups is 1. The normalized spacial score (nSPS) is 28.1. The Labute approximate surface area is 73.6 Å².